The zero-order chi connectivity index (χ0) is 14.5. The zero-order valence-corrected chi connectivity index (χ0v) is 11.5. The molecule has 1 amide bonds. The molecule has 0 aromatic heterocycles. The van der Waals surface area contributed by atoms with Crippen molar-refractivity contribution in [1.82, 2.24) is 10.2 Å². The highest BCUT2D eigenvalue weighted by Crippen LogP contribution is 2.16. The van der Waals surface area contributed by atoms with Gasteiger partial charge in [0.25, 0.3) is 0 Å². The molecule has 0 saturated carbocycles. The van der Waals surface area contributed by atoms with Crippen LogP contribution in [0.25, 0.3) is 0 Å². The van der Waals surface area contributed by atoms with E-state index in [2.05, 4.69) is 5.32 Å². The van der Waals surface area contributed by atoms with Gasteiger partial charge in [-0.3, -0.25) is 4.79 Å². The number of carbonyl (C=O) groups is 1. The number of carbonyl (C=O) groups excluding carboxylic acids is 1. The van der Waals surface area contributed by atoms with Crippen molar-refractivity contribution in [1.29, 1.82) is 5.26 Å². The SMILES string of the molecule is CN(Cc1cc(C#N)ccc1F)C(=O)[C@@H]1CCCNC1. The highest BCUT2D eigenvalue weighted by molar-refractivity contribution is 5.79. The van der Waals surface area contributed by atoms with Gasteiger partial charge in [-0.05, 0) is 37.6 Å². The predicted molar refractivity (Wildman–Crippen MR) is 73.2 cm³/mol. The summed E-state index contributed by atoms with van der Waals surface area (Å²) in [5.41, 5.74) is 0.783. The maximum absolute atomic E-state index is 13.7. The minimum absolute atomic E-state index is 0.0268. The fourth-order valence-electron chi connectivity index (χ4n) is 2.47. The van der Waals surface area contributed by atoms with E-state index in [4.69, 9.17) is 5.26 Å². The lowest BCUT2D eigenvalue weighted by molar-refractivity contribution is -0.135. The number of nitriles is 1. The Kier molecular flexibility index (Phi) is 4.70. The van der Waals surface area contributed by atoms with E-state index in [9.17, 15) is 9.18 Å². The van der Waals surface area contributed by atoms with Crippen LogP contribution in [0.3, 0.4) is 0 Å². The van der Waals surface area contributed by atoms with Gasteiger partial charge < -0.3 is 10.2 Å². The van der Waals surface area contributed by atoms with Crippen LogP contribution in [-0.4, -0.2) is 30.9 Å². The molecule has 1 heterocycles. The van der Waals surface area contributed by atoms with Gasteiger partial charge in [0, 0.05) is 25.7 Å². The lowest BCUT2D eigenvalue weighted by Crippen LogP contribution is -2.41. The van der Waals surface area contributed by atoms with Crippen LogP contribution >= 0.6 is 0 Å². The lowest BCUT2D eigenvalue weighted by atomic mass is 9.98. The Morgan fingerprint density at radius 3 is 3.05 bits per heavy atom. The van der Waals surface area contributed by atoms with Crippen LogP contribution in [0.2, 0.25) is 0 Å². The molecule has 1 aromatic rings. The van der Waals surface area contributed by atoms with E-state index < -0.39 is 0 Å². The number of amides is 1. The second-order valence-electron chi connectivity index (χ2n) is 5.16. The van der Waals surface area contributed by atoms with E-state index in [1.165, 1.54) is 23.1 Å². The molecule has 5 heteroatoms. The average Bonchev–Trinajstić information content (AvgIpc) is 2.49. The normalized spacial score (nSPS) is 18.4. The van der Waals surface area contributed by atoms with Crippen LogP contribution in [-0.2, 0) is 11.3 Å². The van der Waals surface area contributed by atoms with Crippen molar-refractivity contribution >= 4 is 5.91 Å². The predicted octanol–water partition coefficient (Wildman–Crippen LogP) is 1.66. The first kappa shape index (κ1) is 14.5. The first-order chi connectivity index (χ1) is 9.61. The van der Waals surface area contributed by atoms with Gasteiger partial charge in [-0.1, -0.05) is 0 Å². The van der Waals surface area contributed by atoms with Crippen molar-refractivity contribution in [3.8, 4) is 6.07 Å². The Morgan fingerprint density at radius 1 is 1.60 bits per heavy atom. The molecule has 1 aliphatic heterocycles. The van der Waals surface area contributed by atoms with Crippen LogP contribution < -0.4 is 5.32 Å². The topological polar surface area (TPSA) is 56.1 Å². The van der Waals surface area contributed by atoms with E-state index in [1.807, 2.05) is 6.07 Å². The molecule has 20 heavy (non-hydrogen) atoms. The summed E-state index contributed by atoms with van der Waals surface area (Å²) in [6, 6.07) is 6.19. The van der Waals surface area contributed by atoms with Crippen LogP contribution in [0.15, 0.2) is 18.2 Å². The van der Waals surface area contributed by atoms with Gasteiger partial charge in [-0.25, -0.2) is 4.39 Å². The van der Waals surface area contributed by atoms with Gasteiger partial charge in [0.15, 0.2) is 0 Å². The highest BCUT2D eigenvalue weighted by Gasteiger charge is 2.24. The molecule has 1 N–H and O–H groups in total. The Hall–Kier alpha value is -1.93. The van der Waals surface area contributed by atoms with Gasteiger partial charge >= 0.3 is 0 Å². The number of nitrogens with one attached hydrogen (secondary N) is 1. The Balaban J connectivity index is 2.05. The summed E-state index contributed by atoms with van der Waals surface area (Å²) in [6.45, 7) is 1.83. The molecule has 2 rings (SSSR count). The molecule has 0 spiro atoms. The van der Waals surface area contributed by atoms with Crippen molar-refractivity contribution < 1.29 is 9.18 Å². The second kappa shape index (κ2) is 6.49. The quantitative estimate of drug-likeness (QED) is 0.912. The van der Waals surface area contributed by atoms with Gasteiger partial charge in [0.1, 0.15) is 5.82 Å². The number of benzene rings is 1. The minimum Gasteiger partial charge on any atom is -0.341 e. The third kappa shape index (κ3) is 3.34. The Bertz CT molecular complexity index is 532. The maximum atomic E-state index is 13.7. The number of nitrogens with zero attached hydrogens (tertiary/aromatic N) is 2. The van der Waals surface area contributed by atoms with E-state index in [0.717, 1.165) is 19.4 Å². The van der Waals surface area contributed by atoms with Crippen molar-refractivity contribution in [3.63, 3.8) is 0 Å². The van der Waals surface area contributed by atoms with Gasteiger partial charge in [0.2, 0.25) is 5.91 Å². The largest absolute Gasteiger partial charge is 0.341 e. The number of piperidine rings is 1. The molecule has 1 aromatic carbocycles. The Labute approximate surface area is 118 Å². The number of halogens is 1. The number of rotatable bonds is 3. The monoisotopic (exact) mass is 275 g/mol. The smallest absolute Gasteiger partial charge is 0.227 e. The third-order valence-electron chi connectivity index (χ3n) is 3.60. The average molecular weight is 275 g/mol. The van der Waals surface area contributed by atoms with Gasteiger partial charge in [-0.15, -0.1) is 0 Å². The molecule has 0 radical (unpaired) electrons. The van der Waals surface area contributed by atoms with Crippen molar-refractivity contribution in [2.24, 2.45) is 5.92 Å². The molecule has 1 aliphatic rings. The van der Waals surface area contributed by atoms with Crippen molar-refractivity contribution in [2.75, 3.05) is 20.1 Å². The number of hydrogen-bond acceptors (Lipinski definition) is 3. The minimum atomic E-state index is -0.384. The fraction of sp³-hybridized carbons (Fsp3) is 0.467. The van der Waals surface area contributed by atoms with E-state index in [0.29, 0.717) is 17.7 Å². The highest BCUT2D eigenvalue weighted by atomic mass is 19.1. The third-order valence-corrected chi connectivity index (χ3v) is 3.60. The molecule has 0 aliphatic carbocycles. The fourth-order valence-corrected chi connectivity index (χ4v) is 2.47. The van der Waals surface area contributed by atoms with Crippen molar-refractivity contribution in [2.45, 2.75) is 19.4 Å². The summed E-state index contributed by atoms with van der Waals surface area (Å²) in [7, 11) is 1.68. The molecular weight excluding hydrogens is 257 g/mol. The summed E-state index contributed by atoms with van der Waals surface area (Å²) >= 11 is 0. The summed E-state index contributed by atoms with van der Waals surface area (Å²) < 4.78 is 13.7. The molecule has 0 unspecified atom stereocenters. The second-order valence-corrected chi connectivity index (χ2v) is 5.16. The molecular formula is C15H18FN3O. The molecule has 0 bridgehead atoms. The summed E-state index contributed by atoms with van der Waals surface area (Å²) in [6.07, 6.45) is 1.86. The number of hydrogen-bond donors (Lipinski definition) is 1. The molecule has 106 valence electrons. The maximum Gasteiger partial charge on any atom is 0.227 e. The molecule has 4 nitrogen and oxygen atoms in total. The standard InChI is InChI=1S/C15H18FN3O/c1-19(15(20)12-3-2-6-18-9-12)10-13-7-11(8-17)4-5-14(13)16/h4-5,7,12,18H,2-3,6,9-10H2,1H3/t12-/m1/s1. The first-order valence-electron chi connectivity index (χ1n) is 6.76. The molecule has 1 fully saturated rings. The summed E-state index contributed by atoms with van der Waals surface area (Å²) in [5, 5.41) is 12.0. The zero-order valence-electron chi connectivity index (χ0n) is 11.5. The van der Waals surface area contributed by atoms with Gasteiger partial charge in [0.05, 0.1) is 17.6 Å². The van der Waals surface area contributed by atoms with Crippen LogP contribution in [0.5, 0.6) is 0 Å². The summed E-state index contributed by atoms with van der Waals surface area (Å²) in [4.78, 5) is 13.8. The summed E-state index contributed by atoms with van der Waals surface area (Å²) in [5.74, 6) is -0.389. The first-order valence-corrected chi connectivity index (χ1v) is 6.76. The van der Waals surface area contributed by atoms with Crippen LogP contribution in [0.1, 0.15) is 24.0 Å². The lowest BCUT2D eigenvalue weighted by Gasteiger charge is -2.27. The van der Waals surface area contributed by atoms with Gasteiger partial charge in [-0.2, -0.15) is 5.26 Å². The van der Waals surface area contributed by atoms with E-state index in [1.54, 1.807) is 7.05 Å². The molecule has 1 saturated heterocycles. The van der Waals surface area contributed by atoms with E-state index in [-0.39, 0.29) is 24.2 Å². The van der Waals surface area contributed by atoms with E-state index >= 15 is 0 Å². The Morgan fingerprint density at radius 2 is 2.40 bits per heavy atom. The van der Waals surface area contributed by atoms with Crippen LogP contribution in [0.4, 0.5) is 4.39 Å². The van der Waals surface area contributed by atoms with Crippen molar-refractivity contribution in [3.05, 3.63) is 35.1 Å². The molecule has 1 atom stereocenters. The van der Waals surface area contributed by atoms with Crippen LogP contribution in [0, 0.1) is 23.1 Å².